The van der Waals surface area contributed by atoms with Crippen LogP contribution in [-0.4, -0.2) is 142 Å². The van der Waals surface area contributed by atoms with Gasteiger partial charge < -0.3 is 64.2 Å². The van der Waals surface area contributed by atoms with E-state index >= 15 is 0 Å². The number of allylic oxidation sites excluding steroid dienone is 9. The summed E-state index contributed by atoms with van der Waals surface area (Å²) in [7, 11) is 0. The normalized spacial score (nSPS) is 26.7. The van der Waals surface area contributed by atoms with Crippen molar-refractivity contribution in [3.8, 4) is 0 Å². The van der Waals surface area contributed by atoms with Crippen LogP contribution in [0.15, 0.2) is 60.8 Å². The summed E-state index contributed by atoms with van der Waals surface area (Å²) in [6.07, 6.45) is 26.0. The summed E-state index contributed by atoms with van der Waals surface area (Å²) >= 11 is 0. The fraction of sp³-hybridized carbons (Fsp3) is 0.765. The molecule has 380 valence electrons. The number of carbonyl (C=O) groups excluding carboxylic acids is 2. The molecule has 2 aliphatic heterocycles. The van der Waals surface area contributed by atoms with Gasteiger partial charge in [0.1, 0.15) is 55.4 Å². The van der Waals surface area contributed by atoms with Gasteiger partial charge in [-0.05, 0) is 57.8 Å². The van der Waals surface area contributed by atoms with Crippen LogP contribution in [0.1, 0.15) is 155 Å². The molecule has 4 unspecified atom stereocenters. The van der Waals surface area contributed by atoms with E-state index in [0.29, 0.717) is 6.42 Å². The van der Waals surface area contributed by atoms with Crippen LogP contribution >= 0.6 is 0 Å². The molecule has 0 spiro atoms. The number of hydrogen-bond donors (Lipinski definition) is 7. The van der Waals surface area contributed by atoms with Crippen molar-refractivity contribution in [2.75, 3.05) is 26.4 Å². The third-order valence-corrected chi connectivity index (χ3v) is 11.6. The minimum atomic E-state index is -1.79. The topological polar surface area (TPSA) is 231 Å². The molecule has 0 saturated carbocycles. The second kappa shape index (κ2) is 38.1. The van der Waals surface area contributed by atoms with Gasteiger partial charge >= 0.3 is 11.9 Å². The third-order valence-electron chi connectivity index (χ3n) is 11.6. The van der Waals surface area contributed by atoms with E-state index in [2.05, 4.69) is 50.3 Å². The highest BCUT2D eigenvalue weighted by Crippen LogP contribution is 2.26. The number of carbonyl (C=O) groups is 2. The number of unbranched alkanes of at least 4 members (excludes halogenated alkanes) is 16. The monoisotopic (exact) mass is 939 g/mol. The number of esters is 2. The number of aliphatic hydroxyl groups excluding tert-OH is 7. The van der Waals surface area contributed by atoms with Gasteiger partial charge in [-0.15, -0.1) is 0 Å². The molecule has 15 nitrogen and oxygen atoms in total. The molecule has 2 rings (SSSR count). The van der Waals surface area contributed by atoms with Crippen LogP contribution in [0.25, 0.3) is 0 Å². The third kappa shape index (κ3) is 26.1. The molecule has 7 N–H and O–H groups in total. The molecular formula is C51H86O15. The quantitative estimate of drug-likeness (QED) is 0.0116. The fourth-order valence-electron chi connectivity index (χ4n) is 7.42. The Bertz CT molecular complexity index is 1380. The van der Waals surface area contributed by atoms with Crippen LogP contribution in [0.3, 0.4) is 0 Å². The van der Waals surface area contributed by atoms with Crippen LogP contribution in [0, 0.1) is 0 Å². The second-order valence-corrected chi connectivity index (χ2v) is 17.4. The average Bonchev–Trinajstić information content (AvgIpc) is 3.31. The summed E-state index contributed by atoms with van der Waals surface area (Å²) in [5.41, 5.74) is 0. The van der Waals surface area contributed by atoms with Gasteiger partial charge in [-0.1, -0.05) is 146 Å². The second-order valence-electron chi connectivity index (χ2n) is 17.4. The van der Waals surface area contributed by atoms with Crippen molar-refractivity contribution in [1.82, 2.24) is 0 Å². The van der Waals surface area contributed by atoms with Crippen molar-refractivity contribution in [2.45, 2.75) is 223 Å². The van der Waals surface area contributed by atoms with Crippen LogP contribution in [0.5, 0.6) is 0 Å². The zero-order chi connectivity index (χ0) is 48.2. The van der Waals surface area contributed by atoms with Gasteiger partial charge in [0.25, 0.3) is 0 Å². The highest BCUT2D eigenvalue weighted by Gasteiger charge is 2.47. The molecule has 0 aromatic heterocycles. The van der Waals surface area contributed by atoms with Crippen LogP contribution < -0.4 is 0 Å². The first-order valence-corrected chi connectivity index (χ1v) is 24.9. The Balaban J connectivity index is 1.88. The van der Waals surface area contributed by atoms with Crippen molar-refractivity contribution in [1.29, 1.82) is 0 Å². The van der Waals surface area contributed by atoms with E-state index in [1.165, 1.54) is 83.1 Å². The Hall–Kier alpha value is -2.80. The van der Waals surface area contributed by atoms with E-state index in [9.17, 15) is 45.3 Å². The van der Waals surface area contributed by atoms with Crippen molar-refractivity contribution in [3.05, 3.63) is 60.8 Å². The first-order valence-electron chi connectivity index (χ1n) is 24.9. The van der Waals surface area contributed by atoms with Crippen LogP contribution in [-0.2, 0) is 38.0 Å². The van der Waals surface area contributed by atoms with Crippen LogP contribution in [0.4, 0.5) is 0 Å². The van der Waals surface area contributed by atoms with E-state index in [1.807, 2.05) is 6.08 Å². The smallest absolute Gasteiger partial charge is 0.331 e. The molecule has 15 heteroatoms. The highest BCUT2D eigenvalue weighted by atomic mass is 16.7. The molecule has 0 amide bonds. The minimum Gasteiger partial charge on any atom is -0.462 e. The van der Waals surface area contributed by atoms with E-state index in [4.69, 9.17) is 28.4 Å². The maximum Gasteiger partial charge on any atom is 0.331 e. The summed E-state index contributed by atoms with van der Waals surface area (Å²) in [5.74, 6) is -1.23. The lowest BCUT2D eigenvalue weighted by Gasteiger charge is -2.42. The first-order chi connectivity index (χ1) is 32.0. The summed E-state index contributed by atoms with van der Waals surface area (Å²) < 4.78 is 33.3. The highest BCUT2D eigenvalue weighted by molar-refractivity contribution is 5.82. The Morgan fingerprint density at radius 2 is 1.02 bits per heavy atom. The summed E-state index contributed by atoms with van der Waals surface area (Å²) in [5, 5.41) is 72.0. The van der Waals surface area contributed by atoms with E-state index in [1.54, 1.807) is 12.2 Å². The molecular weight excluding hydrogens is 853 g/mol. The molecule has 2 saturated heterocycles. The Morgan fingerprint density at radius 1 is 0.530 bits per heavy atom. The molecule has 0 aromatic rings. The molecule has 0 aromatic carbocycles. The van der Waals surface area contributed by atoms with E-state index in [0.717, 1.165) is 51.4 Å². The molecule has 11 atom stereocenters. The fourth-order valence-corrected chi connectivity index (χ4v) is 7.42. The summed E-state index contributed by atoms with van der Waals surface area (Å²) in [6.45, 7) is 2.39. The van der Waals surface area contributed by atoms with Crippen molar-refractivity contribution >= 4 is 11.9 Å². The van der Waals surface area contributed by atoms with Crippen molar-refractivity contribution < 1.29 is 73.8 Å². The minimum absolute atomic E-state index is 0.147. The molecule has 0 bridgehead atoms. The predicted octanol–water partition coefficient (Wildman–Crippen LogP) is 6.49. The number of hydrogen-bond acceptors (Lipinski definition) is 15. The summed E-state index contributed by atoms with van der Waals surface area (Å²) in [6, 6.07) is 0. The summed E-state index contributed by atoms with van der Waals surface area (Å²) in [4.78, 5) is 25.6. The Kier molecular flexibility index (Phi) is 34.2. The lowest BCUT2D eigenvalue weighted by atomic mass is 9.98. The Morgan fingerprint density at radius 3 is 1.62 bits per heavy atom. The molecule has 2 aliphatic rings. The Labute approximate surface area is 394 Å². The molecule has 0 radical (unpaired) electrons. The van der Waals surface area contributed by atoms with Crippen molar-refractivity contribution in [3.63, 3.8) is 0 Å². The van der Waals surface area contributed by atoms with Crippen molar-refractivity contribution in [2.24, 2.45) is 0 Å². The van der Waals surface area contributed by atoms with Gasteiger partial charge in [-0.3, -0.25) is 4.79 Å². The lowest BCUT2D eigenvalue weighted by Crippen LogP contribution is -2.61. The average molecular weight is 939 g/mol. The first kappa shape index (κ1) is 59.3. The molecule has 2 fully saturated rings. The zero-order valence-electron chi connectivity index (χ0n) is 39.9. The van der Waals surface area contributed by atoms with Gasteiger partial charge in [0.05, 0.1) is 19.8 Å². The lowest BCUT2D eigenvalue weighted by molar-refractivity contribution is -0.332. The van der Waals surface area contributed by atoms with Crippen LogP contribution in [0.2, 0.25) is 0 Å². The van der Waals surface area contributed by atoms with Gasteiger partial charge in [0, 0.05) is 12.5 Å². The van der Waals surface area contributed by atoms with Gasteiger partial charge in [-0.25, -0.2) is 4.79 Å². The zero-order valence-corrected chi connectivity index (χ0v) is 39.9. The largest absolute Gasteiger partial charge is 0.462 e. The maximum absolute atomic E-state index is 12.9. The van der Waals surface area contributed by atoms with E-state index in [-0.39, 0.29) is 13.0 Å². The predicted molar refractivity (Wildman–Crippen MR) is 252 cm³/mol. The number of ether oxygens (including phenoxy) is 6. The van der Waals surface area contributed by atoms with Gasteiger partial charge in [0.2, 0.25) is 0 Å². The number of aliphatic hydroxyl groups is 7. The molecule has 2 heterocycles. The van der Waals surface area contributed by atoms with E-state index < -0.39 is 99.3 Å². The number of rotatable bonds is 37. The standard InChI is InChI=1S/C51H86O15/c1-3-5-7-9-11-13-15-17-19-21-23-25-27-29-31-33-42(53)61-36-39(64-43(54)34-32-30-28-26-24-22-20-18-16-14-12-10-8-6-4-2)37-62-50-49(60)47(58)45(56)41(66-50)38-63-51-48(59)46(57)44(55)40(35-52)65-51/h11,13,17,19,23,25,28,30,32,34,39-41,44-52,55-60H,3-10,12,14-16,18,20-22,24,26-27,29,31,33,35-38H2,1-2H3/b13-11+,19-17+,25-23+,30-28+,34-32+/t39-,40-,41-,44+,45+,46?,47?,48?,49?,50-,51-/m1/s1. The molecule has 0 aliphatic carbocycles. The molecule has 66 heavy (non-hydrogen) atoms. The van der Waals surface area contributed by atoms with Gasteiger partial charge in [-0.2, -0.15) is 0 Å². The maximum atomic E-state index is 12.9. The van der Waals surface area contributed by atoms with Gasteiger partial charge in [0.15, 0.2) is 18.7 Å². The SMILES string of the molecule is CCCCC/C=C/C/C=C/C/C=C/CCCCC(=O)OC[C@H](CO[C@@H]1O[C@H](CO[C@@H]2O[C@H](CO)[C@H](O)C(O)C2O)[C@H](O)C(O)C1O)OC(=O)/C=C/C=C/CCCCCCCCCCCCC.